The Hall–Kier alpha value is -3.86. The third kappa shape index (κ3) is 4.87. The summed E-state index contributed by atoms with van der Waals surface area (Å²) in [4.78, 5) is 4.42. The fourth-order valence-corrected chi connectivity index (χ4v) is 6.48. The van der Waals surface area contributed by atoms with Gasteiger partial charge in [0.05, 0.1) is 11.4 Å². The van der Waals surface area contributed by atoms with Crippen LogP contribution in [0.25, 0.3) is 0 Å². The smallest absolute Gasteiger partial charge is 0.257 e. The molecule has 3 aliphatic heterocycles. The third-order valence-electron chi connectivity index (χ3n) is 8.60. The van der Waals surface area contributed by atoms with Gasteiger partial charge in [0.15, 0.2) is 0 Å². The zero-order valence-electron chi connectivity index (χ0n) is 22.8. The second kappa shape index (κ2) is 11.5. The molecule has 0 radical (unpaired) electrons. The number of aryl methyl sites for hydroxylation is 1. The number of nitrogens with zero attached hydrogens (tertiary/aromatic N) is 5. The van der Waals surface area contributed by atoms with Crippen molar-refractivity contribution in [3.8, 4) is 18.2 Å². The van der Waals surface area contributed by atoms with Gasteiger partial charge in [0.2, 0.25) is 0 Å². The molecule has 39 heavy (non-hydrogen) atoms. The summed E-state index contributed by atoms with van der Waals surface area (Å²) in [6.45, 7) is 5.13. The standard InChI is InChI=1S/C32H37N7/c1-2-6-25(14-13-23-11-12-23)29-26(19-33)28-10-5-8-24-7-3-4-9-27(24)39(28)31(38-17-15-37-16-18-38)30(29)32(20-34,21-35)22-36/h3-4,7,9-10,19,23,25,33,37H,2,5-6,8,11-18H2,1H3. The first-order valence-corrected chi connectivity index (χ1v) is 14.4. The fourth-order valence-electron chi connectivity index (χ4n) is 6.48. The molecule has 1 aromatic rings. The van der Waals surface area contributed by atoms with Gasteiger partial charge >= 0.3 is 0 Å². The van der Waals surface area contributed by atoms with Crippen LogP contribution in [-0.4, -0.2) is 37.3 Å². The van der Waals surface area contributed by atoms with Crippen molar-refractivity contribution < 1.29 is 0 Å². The van der Waals surface area contributed by atoms with Crippen molar-refractivity contribution in [2.75, 3.05) is 31.1 Å². The lowest BCUT2D eigenvalue weighted by atomic mass is 9.70. The Balaban J connectivity index is 1.86. The molecule has 0 aromatic heterocycles. The maximum Gasteiger partial charge on any atom is 0.257 e. The maximum atomic E-state index is 10.5. The predicted octanol–water partition coefficient (Wildman–Crippen LogP) is 5.56. The highest BCUT2D eigenvalue weighted by Gasteiger charge is 2.48. The molecule has 7 nitrogen and oxygen atoms in total. The highest BCUT2D eigenvalue weighted by atomic mass is 15.4. The number of anilines is 1. The second-order valence-corrected chi connectivity index (χ2v) is 11.1. The molecule has 5 rings (SSSR count). The molecule has 2 fully saturated rings. The summed E-state index contributed by atoms with van der Waals surface area (Å²) in [5.41, 5.74) is 3.25. The Morgan fingerprint density at radius 2 is 1.82 bits per heavy atom. The van der Waals surface area contributed by atoms with Gasteiger partial charge in [0.1, 0.15) is 24.0 Å². The van der Waals surface area contributed by atoms with Gasteiger partial charge in [-0.2, -0.15) is 15.8 Å². The molecule has 1 saturated carbocycles. The topological polar surface area (TPSA) is 114 Å². The normalized spacial score (nSPS) is 20.1. The van der Waals surface area contributed by atoms with Crippen LogP contribution < -0.4 is 10.2 Å². The largest absolute Gasteiger partial charge is 0.355 e. The molecule has 1 aliphatic carbocycles. The van der Waals surface area contributed by atoms with Crippen molar-refractivity contribution in [1.82, 2.24) is 10.2 Å². The maximum absolute atomic E-state index is 10.5. The summed E-state index contributed by atoms with van der Waals surface area (Å²) in [6.07, 6.45) is 11.7. The molecule has 7 heteroatoms. The van der Waals surface area contributed by atoms with Crippen molar-refractivity contribution in [3.63, 3.8) is 0 Å². The van der Waals surface area contributed by atoms with Crippen LogP contribution in [0.15, 0.2) is 58.6 Å². The minimum absolute atomic E-state index is 0.0658. The van der Waals surface area contributed by atoms with Crippen LogP contribution >= 0.6 is 0 Å². The van der Waals surface area contributed by atoms with Crippen LogP contribution in [-0.2, 0) is 6.42 Å². The van der Waals surface area contributed by atoms with E-state index < -0.39 is 5.41 Å². The number of nitrogens with one attached hydrogen (secondary N) is 2. The Labute approximate surface area is 232 Å². The summed E-state index contributed by atoms with van der Waals surface area (Å²) in [6, 6.07) is 14.8. The van der Waals surface area contributed by atoms with E-state index in [-0.39, 0.29) is 5.92 Å². The molecule has 0 bridgehead atoms. The summed E-state index contributed by atoms with van der Waals surface area (Å²) < 4.78 is 0. The molecule has 3 heterocycles. The lowest BCUT2D eigenvalue weighted by molar-refractivity contribution is 0.287. The van der Waals surface area contributed by atoms with Crippen molar-refractivity contribution >= 4 is 11.9 Å². The van der Waals surface area contributed by atoms with Crippen LogP contribution in [0.4, 0.5) is 5.69 Å². The number of rotatable bonds is 9. The molecule has 1 aromatic carbocycles. The first-order chi connectivity index (χ1) is 19.1. The van der Waals surface area contributed by atoms with E-state index in [4.69, 9.17) is 5.41 Å². The van der Waals surface area contributed by atoms with E-state index in [0.29, 0.717) is 18.7 Å². The summed E-state index contributed by atoms with van der Waals surface area (Å²) >= 11 is 0. The molecular formula is C32H37N7. The zero-order chi connectivity index (χ0) is 27.4. The van der Waals surface area contributed by atoms with Gasteiger partial charge in [-0.3, -0.25) is 4.90 Å². The quantitative estimate of drug-likeness (QED) is 0.413. The molecule has 200 valence electrons. The average Bonchev–Trinajstić information content (AvgIpc) is 3.83. The van der Waals surface area contributed by atoms with Crippen molar-refractivity contribution in [3.05, 3.63) is 64.1 Å². The van der Waals surface area contributed by atoms with Crippen LogP contribution in [0.1, 0.15) is 57.4 Å². The number of allylic oxidation sites excluding steroid dienone is 4. The minimum atomic E-state index is -1.98. The Bertz CT molecular complexity index is 1300. The van der Waals surface area contributed by atoms with E-state index >= 15 is 0 Å². The molecule has 1 unspecified atom stereocenters. The molecule has 0 spiro atoms. The van der Waals surface area contributed by atoms with Gasteiger partial charge in [0, 0.05) is 43.5 Å². The Morgan fingerprint density at radius 3 is 2.46 bits per heavy atom. The Morgan fingerprint density at radius 1 is 1.10 bits per heavy atom. The molecular weight excluding hydrogens is 482 g/mol. The molecule has 0 amide bonds. The SMILES string of the molecule is CCCC(CCC1CC1)C1=C(C=N)C2=CCCc3ccccc3N2C(N2CCNCC2)=C1C(C#N)(C#N)C#N. The minimum Gasteiger partial charge on any atom is -0.355 e. The van der Waals surface area contributed by atoms with E-state index in [1.54, 1.807) is 0 Å². The first kappa shape index (κ1) is 26.7. The highest BCUT2D eigenvalue weighted by molar-refractivity contribution is 5.91. The number of nitriles is 3. The summed E-state index contributed by atoms with van der Waals surface area (Å²) in [7, 11) is 0. The summed E-state index contributed by atoms with van der Waals surface area (Å²) in [5, 5.41) is 43.7. The zero-order valence-corrected chi connectivity index (χ0v) is 22.8. The molecule has 2 N–H and O–H groups in total. The van der Waals surface area contributed by atoms with Gasteiger partial charge in [-0.15, -0.1) is 0 Å². The number of piperazine rings is 1. The number of fused-ring (bicyclic) bond motifs is 3. The van der Waals surface area contributed by atoms with Crippen LogP contribution in [0.2, 0.25) is 0 Å². The average molecular weight is 520 g/mol. The van der Waals surface area contributed by atoms with Crippen LogP contribution in [0.5, 0.6) is 0 Å². The second-order valence-electron chi connectivity index (χ2n) is 11.1. The van der Waals surface area contributed by atoms with Gasteiger partial charge in [-0.05, 0) is 61.1 Å². The van der Waals surface area contributed by atoms with E-state index in [0.717, 1.165) is 85.9 Å². The van der Waals surface area contributed by atoms with Crippen molar-refractivity contribution in [2.45, 2.75) is 58.3 Å². The number of hydrogen-bond donors (Lipinski definition) is 2. The van der Waals surface area contributed by atoms with Crippen molar-refractivity contribution in [2.24, 2.45) is 17.3 Å². The van der Waals surface area contributed by atoms with Gasteiger partial charge < -0.3 is 15.6 Å². The molecule has 4 aliphatic rings. The monoisotopic (exact) mass is 519 g/mol. The van der Waals surface area contributed by atoms with Gasteiger partial charge in [-0.25, -0.2) is 0 Å². The van der Waals surface area contributed by atoms with Gasteiger partial charge in [-0.1, -0.05) is 50.5 Å². The number of benzene rings is 1. The van der Waals surface area contributed by atoms with Crippen LogP contribution in [0.3, 0.4) is 0 Å². The van der Waals surface area contributed by atoms with E-state index in [9.17, 15) is 15.8 Å². The van der Waals surface area contributed by atoms with Gasteiger partial charge in [0.25, 0.3) is 5.41 Å². The van der Waals surface area contributed by atoms with Crippen molar-refractivity contribution in [1.29, 1.82) is 21.2 Å². The summed E-state index contributed by atoms with van der Waals surface area (Å²) in [5.74, 6) is 1.58. The third-order valence-corrected chi connectivity index (χ3v) is 8.60. The van der Waals surface area contributed by atoms with E-state index in [1.807, 2.05) is 12.1 Å². The molecule has 1 atom stereocenters. The Kier molecular flexibility index (Phi) is 7.87. The highest BCUT2D eigenvalue weighted by Crippen LogP contribution is 2.51. The van der Waals surface area contributed by atoms with Crippen LogP contribution in [0, 0.1) is 56.7 Å². The fraction of sp³-hybridized carbons (Fsp3) is 0.500. The number of para-hydroxylation sites is 1. The van der Waals surface area contributed by atoms with E-state index in [1.165, 1.54) is 24.6 Å². The first-order valence-electron chi connectivity index (χ1n) is 14.4. The number of hydrogen-bond acceptors (Lipinski definition) is 7. The molecule has 1 saturated heterocycles. The lowest BCUT2D eigenvalue weighted by Gasteiger charge is -2.46. The predicted molar refractivity (Wildman–Crippen MR) is 152 cm³/mol. The lowest BCUT2D eigenvalue weighted by Crippen LogP contribution is -2.50. The van der Waals surface area contributed by atoms with E-state index in [2.05, 4.69) is 58.5 Å².